The van der Waals surface area contributed by atoms with Gasteiger partial charge < -0.3 is 10.2 Å². The van der Waals surface area contributed by atoms with Crippen LogP contribution in [0.3, 0.4) is 0 Å². The fourth-order valence-electron chi connectivity index (χ4n) is 2.63. The topological polar surface area (TPSA) is 52.7 Å². The quantitative estimate of drug-likeness (QED) is 0.691. The molecule has 0 bridgehead atoms. The molecule has 2 rings (SSSR count). The Kier molecular flexibility index (Phi) is 3.79. The second kappa shape index (κ2) is 5.14. The smallest absolute Gasteiger partial charge is 0.246 e. The normalized spacial score (nSPS) is 28.1. The summed E-state index contributed by atoms with van der Waals surface area (Å²) < 4.78 is 0. The molecule has 5 heteroatoms. The maximum Gasteiger partial charge on any atom is 0.246 e. The first-order chi connectivity index (χ1) is 8.08. The van der Waals surface area contributed by atoms with Crippen molar-refractivity contribution in [3.05, 3.63) is 0 Å². The molecule has 2 aliphatic rings. The molecule has 2 heterocycles. The number of carbonyl (C=O) groups excluding carboxylic acids is 2. The van der Waals surface area contributed by atoms with Gasteiger partial charge in [0.05, 0.1) is 12.5 Å². The number of likely N-dealkylation sites (N-methyl/N-ethyl adjacent to an activating group) is 1. The van der Waals surface area contributed by atoms with Gasteiger partial charge in [0.1, 0.15) is 0 Å². The van der Waals surface area contributed by atoms with Crippen molar-refractivity contribution in [2.75, 3.05) is 26.7 Å². The lowest BCUT2D eigenvalue weighted by atomic mass is 10.2. The zero-order chi connectivity index (χ0) is 12.4. The van der Waals surface area contributed by atoms with Gasteiger partial charge in [-0.25, -0.2) is 0 Å². The standard InChI is InChI=1S/C12H21N3O2/c1-9(8-15-5-3-4-6-15)13-10-7-11(16)14(2)12(10)17/h9-10,13H,3-8H2,1-2H3. The second-order valence-corrected chi connectivity index (χ2v) is 5.12. The lowest BCUT2D eigenvalue weighted by Crippen LogP contribution is -2.46. The Morgan fingerprint density at radius 3 is 2.53 bits per heavy atom. The highest BCUT2D eigenvalue weighted by Gasteiger charge is 2.36. The lowest BCUT2D eigenvalue weighted by Gasteiger charge is -2.23. The Balaban J connectivity index is 1.80. The van der Waals surface area contributed by atoms with Gasteiger partial charge in [0.25, 0.3) is 0 Å². The summed E-state index contributed by atoms with van der Waals surface area (Å²) in [7, 11) is 1.55. The van der Waals surface area contributed by atoms with E-state index in [1.807, 2.05) is 0 Å². The zero-order valence-corrected chi connectivity index (χ0v) is 10.6. The van der Waals surface area contributed by atoms with E-state index in [-0.39, 0.29) is 23.9 Å². The molecule has 96 valence electrons. The summed E-state index contributed by atoms with van der Waals surface area (Å²) in [5.41, 5.74) is 0. The first-order valence-corrected chi connectivity index (χ1v) is 6.36. The predicted molar refractivity (Wildman–Crippen MR) is 64.5 cm³/mol. The minimum Gasteiger partial charge on any atom is -0.302 e. The number of hydrogen-bond donors (Lipinski definition) is 1. The fourth-order valence-corrected chi connectivity index (χ4v) is 2.63. The van der Waals surface area contributed by atoms with Crippen LogP contribution in [0.25, 0.3) is 0 Å². The van der Waals surface area contributed by atoms with Crippen molar-refractivity contribution >= 4 is 11.8 Å². The van der Waals surface area contributed by atoms with Crippen molar-refractivity contribution in [2.45, 2.75) is 38.3 Å². The van der Waals surface area contributed by atoms with Crippen LogP contribution in [0.1, 0.15) is 26.2 Å². The number of amides is 2. The highest BCUT2D eigenvalue weighted by molar-refractivity contribution is 6.05. The molecular weight excluding hydrogens is 218 g/mol. The Labute approximate surface area is 102 Å². The van der Waals surface area contributed by atoms with Crippen molar-refractivity contribution in [3.63, 3.8) is 0 Å². The molecular formula is C12H21N3O2. The molecule has 17 heavy (non-hydrogen) atoms. The molecule has 0 saturated carbocycles. The molecule has 2 unspecified atom stereocenters. The van der Waals surface area contributed by atoms with E-state index >= 15 is 0 Å². The molecule has 0 aliphatic carbocycles. The minimum atomic E-state index is -0.315. The maximum atomic E-state index is 11.7. The SMILES string of the molecule is CC(CN1CCCC1)NC1CC(=O)N(C)C1=O. The fraction of sp³-hybridized carbons (Fsp3) is 0.833. The molecule has 0 radical (unpaired) electrons. The van der Waals surface area contributed by atoms with Gasteiger partial charge in [-0.2, -0.15) is 0 Å². The Morgan fingerprint density at radius 1 is 1.35 bits per heavy atom. The van der Waals surface area contributed by atoms with E-state index in [0.717, 1.165) is 19.6 Å². The van der Waals surface area contributed by atoms with Gasteiger partial charge in [0, 0.05) is 19.6 Å². The van der Waals surface area contributed by atoms with Crippen LogP contribution < -0.4 is 5.32 Å². The van der Waals surface area contributed by atoms with Gasteiger partial charge in [-0.05, 0) is 32.9 Å². The van der Waals surface area contributed by atoms with Gasteiger partial charge in [0.2, 0.25) is 11.8 Å². The first kappa shape index (κ1) is 12.5. The average Bonchev–Trinajstić information content (AvgIpc) is 2.85. The molecule has 1 N–H and O–H groups in total. The van der Waals surface area contributed by atoms with Crippen molar-refractivity contribution in [3.8, 4) is 0 Å². The summed E-state index contributed by atoms with van der Waals surface area (Å²) in [4.78, 5) is 26.7. The number of nitrogens with one attached hydrogen (secondary N) is 1. The summed E-state index contributed by atoms with van der Waals surface area (Å²) in [6, 6.07) is -0.0635. The van der Waals surface area contributed by atoms with E-state index < -0.39 is 0 Å². The molecule has 2 aliphatic heterocycles. The third kappa shape index (κ3) is 2.84. The van der Waals surface area contributed by atoms with Crippen LogP contribution in [0.4, 0.5) is 0 Å². The van der Waals surface area contributed by atoms with E-state index in [9.17, 15) is 9.59 Å². The number of hydrogen-bond acceptors (Lipinski definition) is 4. The molecule has 0 aromatic heterocycles. The summed E-state index contributed by atoms with van der Waals surface area (Å²) in [5.74, 6) is -0.177. The van der Waals surface area contributed by atoms with Crippen LogP contribution in [0.5, 0.6) is 0 Å². The van der Waals surface area contributed by atoms with E-state index in [0.29, 0.717) is 6.42 Å². The van der Waals surface area contributed by atoms with Gasteiger partial charge in [0.15, 0.2) is 0 Å². The second-order valence-electron chi connectivity index (χ2n) is 5.12. The van der Waals surface area contributed by atoms with Crippen LogP contribution >= 0.6 is 0 Å². The van der Waals surface area contributed by atoms with E-state index in [2.05, 4.69) is 17.1 Å². The van der Waals surface area contributed by atoms with Crippen molar-refractivity contribution < 1.29 is 9.59 Å². The molecule has 2 fully saturated rings. The van der Waals surface area contributed by atoms with E-state index in [1.54, 1.807) is 7.05 Å². The largest absolute Gasteiger partial charge is 0.302 e. The molecule has 5 nitrogen and oxygen atoms in total. The Bertz CT molecular complexity index is 313. The third-order valence-corrected chi connectivity index (χ3v) is 3.60. The molecule has 0 aromatic rings. The number of likely N-dealkylation sites (tertiary alicyclic amines) is 2. The van der Waals surface area contributed by atoms with Crippen LogP contribution in [0.15, 0.2) is 0 Å². The summed E-state index contributed by atoms with van der Waals surface area (Å²) >= 11 is 0. The summed E-state index contributed by atoms with van der Waals surface area (Å²) in [6.07, 6.45) is 2.85. The number of imide groups is 1. The van der Waals surface area contributed by atoms with Gasteiger partial charge in [-0.1, -0.05) is 0 Å². The highest BCUT2D eigenvalue weighted by Crippen LogP contribution is 2.12. The maximum absolute atomic E-state index is 11.7. The van der Waals surface area contributed by atoms with Crippen molar-refractivity contribution in [1.29, 1.82) is 0 Å². The number of nitrogens with zero attached hydrogens (tertiary/aromatic N) is 2. The van der Waals surface area contributed by atoms with E-state index in [1.165, 1.54) is 17.7 Å². The molecule has 0 aromatic carbocycles. The summed E-state index contributed by atoms with van der Waals surface area (Å²) in [6.45, 7) is 5.35. The zero-order valence-electron chi connectivity index (χ0n) is 10.6. The number of carbonyl (C=O) groups is 2. The monoisotopic (exact) mass is 239 g/mol. The van der Waals surface area contributed by atoms with Gasteiger partial charge in [-0.15, -0.1) is 0 Å². The Morgan fingerprint density at radius 2 is 2.00 bits per heavy atom. The molecule has 2 amide bonds. The Hall–Kier alpha value is -0.940. The van der Waals surface area contributed by atoms with Crippen molar-refractivity contribution in [1.82, 2.24) is 15.1 Å². The molecule has 0 spiro atoms. The van der Waals surface area contributed by atoms with Crippen LogP contribution in [0, 0.1) is 0 Å². The number of rotatable bonds is 4. The molecule has 2 atom stereocenters. The average molecular weight is 239 g/mol. The highest BCUT2D eigenvalue weighted by atomic mass is 16.2. The van der Waals surface area contributed by atoms with Crippen molar-refractivity contribution in [2.24, 2.45) is 0 Å². The van der Waals surface area contributed by atoms with Gasteiger partial charge >= 0.3 is 0 Å². The summed E-state index contributed by atoms with van der Waals surface area (Å²) in [5, 5.41) is 3.26. The van der Waals surface area contributed by atoms with Gasteiger partial charge in [-0.3, -0.25) is 14.5 Å². The van der Waals surface area contributed by atoms with Crippen LogP contribution in [-0.2, 0) is 9.59 Å². The third-order valence-electron chi connectivity index (χ3n) is 3.60. The molecule has 2 saturated heterocycles. The predicted octanol–water partition coefficient (Wildman–Crippen LogP) is -0.182. The van der Waals surface area contributed by atoms with Crippen LogP contribution in [0.2, 0.25) is 0 Å². The van der Waals surface area contributed by atoms with Crippen LogP contribution in [-0.4, -0.2) is 60.4 Å². The lowest BCUT2D eigenvalue weighted by molar-refractivity contribution is -0.137. The first-order valence-electron chi connectivity index (χ1n) is 6.36. The minimum absolute atomic E-state index is 0.0825. The van der Waals surface area contributed by atoms with E-state index in [4.69, 9.17) is 0 Å².